The van der Waals surface area contributed by atoms with Crippen LogP contribution in [0.3, 0.4) is 0 Å². The van der Waals surface area contributed by atoms with E-state index in [4.69, 9.17) is 19.5 Å². The first-order valence-corrected chi connectivity index (χ1v) is 8.65. The van der Waals surface area contributed by atoms with E-state index in [0.717, 1.165) is 17.7 Å². The summed E-state index contributed by atoms with van der Waals surface area (Å²) in [5, 5.41) is 11.8. The lowest BCUT2D eigenvalue weighted by molar-refractivity contribution is 0.174. The summed E-state index contributed by atoms with van der Waals surface area (Å²) in [7, 11) is 0. The van der Waals surface area contributed by atoms with Crippen LogP contribution in [0.4, 0.5) is 4.79 Å². The van der Waals surface area contributed by atoms with Crippen LogP contribution in [0.25, 0.3) is 0 Å². The maximum absolute atomic E-state index is 12.4. The molecule has 1 saturated heterocycles. The van der Waals surface area contributed by atoms with Crippen molar-refractivity contribution in [3.63, 3.8) is 0 Å². The van der Waals surface area contributed by atoms with Gasteiger partial charge in [0, 0.05) is 31.8 Å². The molecule has 0 saturated carbocycles. The molecule has 8 nitrogen and oxygen atoms in total. The van der Waals surface area contributed by atoms with Crippen molar-refractivity contribution in [1.29, 1.82) is 5.26 Å². The maximum atomic E-state index is 12.4. The highest BCUT2D eigenvalue weighted by molar-refractivity contribution is 5.74. The zero-order valence-corrected chi connectivity index (χ0v) is 14.6. The van der Waals surface area contributed by atoms with Gasteiger partial charge in [-0.15, -0.1) is 0 Å². The van der Waals surface area contributed by atoms with Gasteiger partial charge in [-0.05, 0) is 23.8 Å². The number of ether oxygens (including phenoxy) is 3. The molecule has 0 radical (unpaired) electrons. The van der Waals surface area contributed by atoms with Gasteiger partial charge in [-0.3, -0.25) is 0 Å². The molecule has 1 aromatic heterocycles. The maximum Gasteiger partial charge on any atom is 0.317 e. The Balaban J connectivity index is 1.28. The molecule has 0 bridgehead atoms. The van der Waals surface area contributed by atoms with E-state index >= 15 is 0 Å². The Labute approximate surface area is 156 Å². The van der Waals surface area contributed by atoms with E-state index in [1.54, 1.807) is 23.2 Å². The molecule has 8 heteroatoms. The summed E-state index contributed by atoms with van der Waals surface area (Å²) >= 11 is 0. The van der Waals surface area contributed by atoms with Crippen LogP contribution in [-0.2, 0) is 6.54 Å². The lowest BCUT2D eigenvalue weighted by Crippen LogP contribution is -2.39. The summed E-state index contributed by atoms with van der Waals surface area (Å²) in [5.74, 6) is 1.82. The molecular weight excluding hydrogens is 348 g/mol. The minimum absolute atomic E-state index is 0.136. The average molecular weight is 366 g/mol. The van der Waals surface area contributed by atoms with Crippen molar-refractivity contribution >= 4 is 6.03 Å². The Kier molecular flexibility index (Phi) is 4.66. The molecule has 2 amide bonds. The molecule has 27 heavy (non-hydrogen) atoms. The van der Waals surface area contributed by atoms with Crippen LogP contribution in [-0.4, -0.2) is 41.9 Å². The second-order valence-corrected chi connectivity index (χ2v) is 6.32. The third kappa shape index (κ3) is 3.87. The fraction of sp³-hybridized carbons (Fsp3) is 0.316. The van der Waals surface area contributed by atoms with E-state index in [-0.39, 0.29) is 18.9 Å². The average Bonchev–Trinajstić information content (AvgIpc) is 3.35. The standard InChI is InChI=1S/C19H18N4O4/c20-9-13-3-5-21-18(8-13)27-15-4-6-23(11-15)19(24)22-10-14-1-2-16-17(7-14)26-12-25-16/h1-3,5,7-8,15H,4,6,10-12H2,(H,22,24). The van der Waals surface area contributed by atoms with Crippen molar-refractivity contribution in [3.05, 3.63) is 47.7 Å². The number of urea groups is 1. The lowest BCUT2D eigenvalue weighted by atomic mass is 10.2. The van der Waals surface area contributed by atoms with Gasteiger partial charge in [-0.2, -0.15) is 5.26 Å². The van der Waals surface area contributed by atoms with Gasteiger partial charge in [0.25, 0.3) is 0 Å². The fourth-order valence-corrected chi connectivity index (χ4v) is 3.06. The van der Waals surface area contributed by atoms with Crippen LogP contribution >= 0.6 is 0 Å². The predicted molar refractivity (Wildman–Crippen MR) is 94.4 cm³/mol. The number of amides is 2. The van der Waals surface area contributed by atoms with Gasteiger partial charge in [0.2, 0.25) is 12.7 Å². The number of carbonyl (C=O) groups is 1. The highest BCUT2D eigenvalue weighted by Gasteiger charge is 2.28. The quantitative estimate of drug-likeness (QED) is 0.889. The molecule has 2 aliphatic heterocycles. The molecule has 1 aromatic carbocycles. The topological polar surface area (TPSA) is 96.7 Å². The van der Waals surface area contributed by atoms with Crippen molar-refractivity contribution in [2.75, 3.05) is 19.9 Å². The molecule has 0 spiro atoms. The normalized spacial score (nSPS) is 17.4. The number of nitriles is 1. The smallest absolute Gasteiger partial charge is 0.317 e. The molecular formula is C19H18N4O4. The van der Waals surface area contributed by atoms with Crippen LogP contribution in [0.2, 0.25) is 0 Å². The van der Waals surface area contributed by atoms with E-state index < -0.39 is 0 Å². The molecule has 4 rings (SSSR count). The van der Waals surface area contributed by atoms with Gasteiger partial charge in [0.05, 0.1) is 18.2 Å². The molecule has 0 aliphatic carbocycles. The van der Waals surface area contributed by atoms with Crippen molar-refractivity contribution < 1.29 is 19.0 Å². The van der Waals surface area contributed by atoms with Crippen LogP contribution < -0.4 is 19.5 Å². The number of fused-ring (bicyclic) bond motifs is 1. The number of nitrogens with zero attached hydrogens (tertiary/aromatic N) is 3. The highest BCUT2D eigenvalue weighted by Crippen LogP contribution is 2.32. The van der Waals surface area contributed by atoms with Gasteiger partial charge in [0.1, 0.15) is 6.10 Å². The second kappa shape index (κ2) is 7.41. The Bertz CT molecular complexity index is 896. The fourth-order valence-electron chi connectivity index (χ4n) is 3.06. The van der Waals surface area contributed by atoms with Gasteiger partial charge in [-0.25, -0.2) is 9.78 Å². The second-order valence-electron chi connectivity index (χ2n) is 6.32. The Morgan fingerprint density at radius 3 is 3.11 bits per heavy atom. The Morgan fingerprint density at radius 2 is 2.22 bits per heavy atom. The van der Waals surface area contributed by atoms with E-state index in [0.29, 0.717) is 36.8 Å². The molecule has 1 atom stereocenters. The zero-order chi connectivity index (χ0) is 18.6. The van der Waals surface area contributed by atoms with Crippen LogP contribution in [0, 0.1) is 11.3 Å². The zero-order valence-electron chi connectivity index (χ0n) is 14.6. The van der Waals surface area contributed by atoms with Crippen molar-refractivity contribution in [3.8, 4) is 23.4 Å². The number of benzene rings is 1. The first-order valence-electron chi connectivity index (χ1n) is 8.65. The Hall–Kier alpha value is -3.47. The van der Waals surface area contributed by atoms with E-state index in [2.05, 4.69) is 16.4 Å². The molecule has 2 aliphatic rings. The number of rotatable bonds is 4. The van der Waals surface area contributed by atoms with Crippen molar-refractivity contribution in [1.82, 2.24) is 15.2 Å². The number of nitrogens with one attached hydrogen (secondary N) is 1. The number of pyridine rings is 1. The summed E-state index contributed by atoms with van der Waals surface area (Å²) in [5.41, 5.74) is 1.44. The first-order chi connectivity index (χ1) is 13.2. The summed E-state index contributed by atoms with van der Waals surface area (Å²) in [4.78, 5) is 18.2. The van der Waals surface area contributed by atoms with E-state index in [1.807, 2.05) is 18.2 Å². The summed E-state index contributed by atoms with van der Waals surface area (Å²) < 4.78 is 16.4. The minimum Gasteiger partial charge on any atom is -0.472 e. The molecule has 3 heterocycles. The van der Waals surface area contributed by atoms with Crippen LogP contribution in [0.1, 0.15) is 17.5 Å². The number of hydrogen-bond donors (Lipinski definition) is 1. The lowest BCUT2D eigenvalue weighted by Gasteiger charge is -2.18. The number of carbonyl (C=O) groups excluding carboxylic acids is 1. The molecule has 1 fully saturated rings. The van der Waals surface area contributed by atoms with Gasteiger partial charge in [0.15, 0.2) is 11.5 Å². The number of hydrogen-bond acceptors (Lipinski definition) is 6. The van der Waals surface area contributed by atoms with Crippen LogP contribution in [0.5, 0.6) is 17.4 Å². The van der Waals surface area contributed by atoms with Gasteiger partial charge < -0.3 is 24.4 Å². The molecule has 1 unspecified atom stereocenters. The third-order valence-electron chi connectivity index (χ3n) is 4.46. The number of aromatic nitrogens is 1. The minimum atomic E-state index is -0.141. The largest absolute Gasteiger partial charge is 0.472 e. The molecule has 138 valence electrons. The van der Waals surface area contributed by atoms with Crippen molar-refractivity contribution in [2.24, 2.45) is 0 Å². The van der Waals surface area contributed by atoms with Gasteiger partial charge >= 0.3 is 6.03 Å². The number of likely N-dealkylation sites (tertiary alicyclic amines) is 1. The third-order valence-corrected chi connectivity index (χ3v) is 4.46. The highest BCUT2D eigenvalue weighted by atomic mass is 16.7. The van der Waals surface area contributed by atoms with E-state index in [9.17, 15) is 4.79 Å². The Morgan fingerprint density at radius 1 is 1.33 bits per heavy atom. The summed E-state index contributed by atoms with van der Waals surface area (Å²) in [6, 6.07) is 10.7. The monoisotopic (exact) mass is 366 g/mol. The summed E-state index contributed by atoms with van der Waals surface area (Å²) in [6.45, 7) is 1.72. The summed E-state index contributed by atoms with van der Waals surface area (Å²) in [6.07, 6.45) is 2.12. The van der Waals surface area contributed by atoms with Crippen LogP contribution in [0.15, 0.2) is 36.5 Å². The molecule has 1 N–H and O–H groups in total. The van der Waals surface area contributed by atoms with E-state index in [1.165, 1.54) is 0 Å². The molecule has 2 aromatic rings. The SMILES string of the molecule is N#Cc1ccnc(OC2CCN(C(=O)NCc3ccc4c(c3)OCO4)C2)c1. The predicted octanol–water partition coefficient (Wildman–Crippen LogP) is 2.04. The first kappa shape index (κ1) is 17.0. The van der Waals surface area contributed by atoms with Crippen molar-refractivity contribution in [2.45, 2.75) is 19.1 Å². The van der Waals surface area contributed by atoms with Gasteiger partial charge in [-0.1, -0.05) is 6.07 Å².